The third-order valence-corrected chi connectivity index (χ3v) is 8.34. The van der Waals surface area contributed by atoms with Crippen LogP contribution in [-0.4, -0.2) is 69.9 Å². The van der Waals surface area contributed by atoms with E-state index in [0.717, 1.165) is 11.1 Å². The summed E-state index contributed by atoms with van der Waals surface area (Å²) in [7, 11) is 3.09. The Morgan fingerprint density at radius 1 is 1.03 bits per heavy atom. The number of likely N-dealkylation sites (N-methyl/N-ethyl adjacent to an activating group) is 1. The summed E-state index contributed by atoms with van der Waals surface area (Å²) in [6, 6.07) is 9.39. The van der Waals surface area contributed by atoms with Gasteiger partial charge in [0.1, 0.15) is 5.75 Å². The SMILES string of the molecule is Cc1ccc(C#Cc2ccc(O)c3c2CC2CC4C(N(C)C)C(=O)C(C(N)=O)C(=O)C4(O)C(=O)C2C3=O)cc1. The number of rotatable bonds is 2. The number of Topliss-reactive ketones (excluding diaryl/α,β-unsaturated/α-hetero) is 4. The van der Waals surface area contributed by atoms with E-state index in [9.17, 15) is 34.2 Å². The fourth-order valence-electron chi connectivity index (χ4n) is 6.50. The van der Waals surface area contributed by atoms with Crippen molar-refractivity contribution < 1.29 is 34.2 Å². The highest BCUT2D eigenvalue weighted by atomic mass is 16.3. The molecule has 0 aromatic heterocycles. The maximum absolute atomic E-state index is 13.8. The van der Waals surface area contributed by atoms with E-state index in [0.29, 0.717) is 11.1 Å². The summed E-state index contributed by atoms with van der Waals surface area (Å²) in [5.41, 5.74) is 5.36. The second-order valence-corrected chi connectivity index (χ2v) is 10.9. The van der Waals surface area contributed by atoms with Gasteiger partial charge in [-0.15, -0.1) is 0 Å². The molecule has 0 spiro atoms. The summed E-state index contributed by atoms with van der Waals surface area (Å²) >= 11 is 0. The number of nitrogens with two attached hydrogens (primary N) is 1. The van der Waals surface area contributed by atoms with Crippen LogP contribution in [0.3, 0.4) is 0 Å². The Balaban J connectivity index is 1.61. The van der Waals surface area contributed by atoms with Gasteiger partial charge < -0.3 is 15.9 Å². The molecule has 0 heterocycles. The van der Waals surface area contributed by atoms with Crippen LogP contribution in [0, 0.1) is 42.4 Å². The number of phenolic OH excluding ortho intramolecular Hbond substituents is 1. The van der Waals surface area contributed by atoms with E-state index in [-0.39, 0.29) is 24.2 Å². The highest BCUT2D eigenvalue weighted by molar-refractivity contribution is 6.32. The number of aromatic hydroxyl groups is 1. The molecule has 2 saturated carbocycles. The fourth-order valence-corrected chi connectivity index (χ4v) is 6.50. The lowest BCUT2D eigenvalue weighted by Crippen LogP contribution is -2.74. The van der Waals surface area contributed by atoms with Gasteiger partial charge in [0.25, 0.3) is 0 Å². The van der Waals surface area contributed by atoms with E-state index in [2.05, 4.69) is 11.8 Å². The van der Waals surface area contributed by atoms with Crippen LogP contribution in [0.5, 0.6) is 5.75 Å². The number of aryl methyl sites for hydroxylation is 1. The van der Waals surface area contributed by atoms with Gasteiger partial charge in [-0.2, -0.15) is 0 Å². The van der Waals surface area contributed by atoms with Crippen LogP contribution in [0.15, 0.2) is 36.4 Å². The number of primary amides is 1. The van der Waals surface area contributed by atoms with E-state index in [1.165, 1.54) is 11.0 Å². The molecule has 9 nitrogen and oxygen atoms in total. The largest absolute Gasteiger partial charge is 0.507 e. The lowest BCUT2D eigenvalue weighted by atomic mass is 9.52. The number of fused-ring (bicyclic) bond motifs is 3. The number of carbonyl (C=O) groups excluding carboxylic acids is 5. The first-order chi connectivity index (χ1) is 18.4. The number of aliphatic hydroxyl groups is 1. The minimum absolute atomic E-state index is 0.00954. The molecule has 0 bridgehead atoms. The number of hydrogen-bond acceptors (Lipinski definition) is 8. The molecule has 5 rings (SSSR count). The third-order valence-electron chi connectivity index (χ3n) is 8.34. The summed E-state index contributed by atoms with van der Waals surface area (Å²) in [6.07, 6.45) is 0.155. The van der Waals surface area contributed by atoms with E-state index in [1.54, 1.807) is 20.2 Å². The van der Waals surface area contributed by atoms with Crippen LogP contribution in [0.2, 0.25) is 0 Å². The molecule has 1 amide bonds. The molecule has 6 atom stereocenters. The highest BCUT2D eigenvalue weighted by Crippen LogP contribution is 2.50. The van der Waals surface area contributed by atoms with Crippen molar-refractivity contribution in [1.29, 1.82) is 0 Å². The predicted molar refractivity (Wildman–Crippen MR) is 139 cm³/mol. The van der Waals surface area contributed by atoms with E-state index in [1.807, 2.05) is 31.2 Å². The zero-order chi connectivity index (χ0) is 28.4. The highest BCUT2D eigenvalue weighted by Gasteiger charge is 2.69. The molecule has 0 aliphatic heterocycles. The van der Waals surface area contributed by atoms with Gasteiger partial charge in [0.15, 0.2) is 34.7 Å². The second-order valence-electron chi connectivity index (χ2n) is 10.9. The maximum Gasteiger partial charge on any atom is 0.235 e. The summed E-state index contributed by atoms with van der Waals surface area (Å²) in [6.45, 7) is 1.96. The Morgan fingerprint density at radius 2 is 1.69 bits per heavy atom. The van der Waals surface area contributed by atoms with E-state index < -0.39 is 64.4 Å². The summed E-state index contributed by atoms with van der Waals surface area (Å²) in [5.74, 6) is -4.56. The van der Waals surface area contributed by atoms with Crippen molar-refractivity contribution in [3.05, 3.63) is 64.2 Å². The molecule has 4 N–H and O–H groups in total. The number of amides is 1. The predicted octanol–water partition coefficient (Wildman–Crippen LogP) is 0.575. The molecular formula is C30H28N2O7. The number of hydrogen-bond donors (Lipinski definition) is 3. The van der Waals surface area contributed by atoms with Gasteiger partial charge >= 0.3 is 0 Å². The number of nitrogens with zero attached hydrogens (tertiary/aromatic N) is 1. The second kappa shape index (κ2) is 9.26. The zero-order valence-electron chi connectivity index (χ0n) is 21.7. The summed E-state index contributed by atoms with van der Waals surface area (Å²) in [4.78, 5) is 67.6. The number of carbonyl (C=O) groups is 5. The Morgan fingerprint density at radius 3 is 2.31 bits per heavy atom. The molecule has 3 aliphatic rings. The molecule has 0 radical (unpaired) electrons. The first-order valence-electron chi connectivity index (χ1n) is 12.7. The first kappa shape index (κ1) is 26.5. The van der Waals surface area contributed by atoms with Crippen molar-refractivity contribution in [1.82, 2.24) is 4.90 Å². The quantitative estimate of drug-likeness (QED) is 0.378. The van der Waals surface area contributed by atoms with Crippen LogP contribution in [0.4, 0.5) is 0 Å². The monoisotopic (exact) mass is 528 g/mol. The standard InChI is InChI=1S/C30H28N2O7/c1-14-4-6-15(7-5-14)8-9-16-10-11-20(33)22-18(16)12-17-13-19-24(32(2)3)26(35)23(29(31)38)28(37)30(19,39)27(36)21(17)25(22)34/h4-7,10-11,17,19,21,23-24,33,39H,12-13H2,1-3H3,(H2,31,38). The lowest BCUT2D eigenvalue weighted by Gasteiger charge is -2.52. The van der Waals surface area contributed by atoms with Gasteiger partial charge in [0, 0.05) is 17.0 Å². The minimum atomic E-state index is -2.74. The Hall–Kier alpha value is -4.13. The maximum atomic E-state index is 13.8. The van der Waals surface area contributed by atoms with Crippen molar-refractivity contribution in [3.8, 4) is 17.6 Å². The van der Waals surface area contributed by atoms with E-state index >= 15 is 0 Å². The van der Waals surface area contributed by atoms with Gasteiger partial charge in [0.2, 0.25) is 5.91 Å². The van der Waals surface area contributed by atoms with Crippen LogP contribution in [0.1, 0.15) is 39.0 Å². The third kappa shape index (κ3) is 3.90. The van der Waals surface area contributed by atoms with Gasteiger partial charge in [-0.1, -0.05) is 29.5 Å². The van der Waals surface area contributed by atoms with Crippen molar-refractivity contribution in [2.24, 2.45) is 29.4 Å². The topological polar surface area (TPSA) is 155 Å². The van der Waals surface area contributed by atoms with Crippen molar-refractivity contribution in [2.45, 2.75) is 31.4 Å². The Kier molecular flexibility index (Phi) is 6.29. The molecule has 9 heteroatoms. The fraction of sp³-hybridized carbons (Fsp3) is 0.367. The zero-order valence-corrected chi connectivity index (χ0v) is 21.7. The van der Waals surface area contributed by atoms with Crippen LogP contribution in [0.25, 0.3) is 0 Å². The van der Waals surface area contributed by atoms with Gasteiger partial charge in [-0.05, 0) is 69.6 Å². The Bertz CT molecular complexity index is 1510. The van der Waals surface area contributed by atoms with Crippen LogP contribution in [-0.2, 0) is 25.6 Å². The molecule has 6 unspecified atom stereocenters. The number of phenols is 1. The van der Waals surface area contributed by atoms with Gasteiger partial charge in [0.05, 0.1) is 17.5 Å². The summed E-state index contributed by atoms with van der Waals surface area (Å²) < 4.78 is 0. The molecule has 3 aliphatic carbocycles. The van der Waals surface area contributed by atoms with Gasteiger partial charge in [-0.25, -0.2) is 0 Å². The molecule has 2 fully saturated rings. The van der Waals surface area contributed by atoms with E-state index in [4.69, 9.17) is 5.73 Å². The van der Waals surface area contributed by atoms with Gasteiger partial charge in [-0.3, -0.25) is 28.9 Å². The molecule has 2 aromatic carbocycles. The molecule has 0 saturated heterocycles. The van der Waals surface area contributed by atoms with Crippen molar-refractivity contribution in [3.63, 3.8) is 0 Å². The van der Waals surface area contributed by atoms with Crippen LogP contribution >= 0.6 is 0 Å². The number of ketones is 4. The molecule has 2 aromatic rings. The summed E-state index contributed by atoms with van der Waals surface area (Å²) in [5, 5.41) is 22.3. The Labute approximate surface area is 225 Å². The normalized spacial score (nSPS) is 29.7. The molecule has 39 heavy (non-hydrogen) atoms. The van der Waals surface area contributed by atoms with Crippen LogP contribution < -0.4 is 5.73 Å². The number of benzene rings is 2. The first-order valence-corrected chi connectivity index (χ1v) is 12.7. The lowest BCUT2D eigenvalue weighted by molar-refractivity contribution is -0.181. The smallest absolute Gasteiger partial charge is 0.235 e. The molecular weight excluding hydrogens is 500 g/mol. The average molecular weight is 529 g/mol. The minimum Gasteiger partial charge on any atom is -0.507 e. The molecule has 200 valence electrons. The average Bonchev–Trinajstić information content (AvgIpc) is 2.86. The van der Waals surface area contributed by atoms with Crippen molar-refractivity contribution in [2.75, 3.05) is 14.1 Å². The van der Waals surface area contributed by atoms with Crippen molar-refractivity contribution >= 4 is 29.0 Å².